The molecule has 0 fully saturated rings. The van der Waals surface area contributed by atoms with E-state index in [0.29, 0.717) is 59.1 Å². The number of carbonyl (C=O) groups is 3. The van der Waals surface area contributed by atoms with Gasteiger partial charge in [-0.05, 0) is 72.4 Å². The maximum absolute atomic E-state index is 14.9. The fourth-order valence-corrected chi connectivity index (χ4v) is 6.15. The van der Waals surface area contributed by atoms with Gasteiger partial charge in [-0.25, -0.2) is 9.18 Å². The first-order chi connectivity index (χ1) is 19.1. The first-order valence-corrected chi connectivity index (χ1v) is 14.2. The van der Waals surface area contributed by atoms with Gasteiger partial charge in [-0.2, -0.15) is 0 Å². The summed E-state index contributed by atoms with van der Waals surface area (Å²) < 4.78 is 15.4. The number of nitrogens with zero attached hydrogens (tertiary/aromatic N) is 1. The average Bonchev–Trinajstić information content (AvgIpc) is 2.93. The van der Waals surface area contributed by atoms with Crippen molar-refractivity contribution < 1.29 is 23.9 Å². The number of carboxylic acid groups (broad SMARTS) is 1. The minimum absolute atomic E-state index is 0.00500. The van der Waals surface area contributed by atoms with Gasteiger partial charge in [-0.15, -0.1) is 0 Å². The third kappa shape index (κ3) is 5.56. The summed E-state index contributed by atoms with van der Waals surface area (Å²) in [6.07, 6.45) is 3.89. The molecule has 2 aliphatic rings. The summed E-state index contributed by atoms with van der Waals surface area (Å²) in [6, 6.07) is 15.2. The topological polar surface area (TPSA) is 86.7 Å². The van der Waals surface area contributed by atoms with E-state index >= 15 is 0 Å². The van der Waals surface area contributed by atoms with Crippen LogP contribution in [-0.2, 0) is 9.59 Å². The third-order valence-electron chi connectivity index (χ3n) is 7.61. The van der Waals surface area contributed by atoms with Crippen LogP contribution >= 0.6 is 27.5 Å². The summed E-state index contributed by atoms with van der Waals surface area (Å²) in [4.78, 5) is 40.0. The van der Waals surface area contributed by atoms with Crippen LogP contribution in [0.1, 0.15) is 60.1 Å². The van der Waals surface area contributed by atoms with Crippen LogP contribution in [0.15, 0.2) is 65.1 Å². The van der Waals surface area contributed by atoms with Crippen molar-refractivity contribution in [3.63, 3.8) is 0 Å². The molecule has 0 saturated heterocycles. The first-order valence-electron chi connectivity index (χ1n) is 13.1. The molecule has 2 N–H and O–H groups in total. The Morgan fingerprint density at radius 2 is 1.93 bits per heavy atom. The smallest absolute Gasteiger partial charge is 0.335 e. The molecule has 0 radical (unpaired) electrons. The van der Waals surface area contributed by atoms with E-state index in [2.05, 4.69) is 21.2 Å². The molecule has 0 saturated carbocycles. The van der Waals surface area contributed by atoms with E-state index in [1.54, 1.807) is 23.1 Å². The molecule has 2 atom stereocenters. The van der Waals surface area contributed by atoms with Crippen LogP contribution in [-0.4, -0.2) is 34.3 Å². The minimum atomic E-state index is -1.06. The molecule has 40 heavy (non-hydrogen) atoms. The molecular weight excluding hydrogens is 599 g/mol. The minimum Gasteiger partial charge on any atom is -0.478 e. The molecule has 206 valence electrons. The van der Waals surface area contributed by atoms with Crippen molar-refractivity contribution in [1.82, 2.24) is 4.90 Å². The van der Waals surface area contributed by atoms with Gasteiger partial charge in [0.05, 0.1) is 16.6 Å². The number of halogens is 3. The number of carboxylic acids is 1. The number of hydrogen-bond acceptors (Lipinski definition) is 3. The molecule has 2 bridgehead atoms. The number of rotatable bonds is 3. The maximum atomic E-state index is 14.9. The highest BCUT2D eigenvalue weighted by atomic mass is 79.9. The molecule has 5 rings (SSSR count). The van der Waals surface area contributed by atoms with Gasteiger partial charge in [0.2, 0.25) is 11.8 Å². The third-order valence-corrected chi connectivity index (χ3v) is 8.57. The summed E-state index contributed by atoms with van der Waals surface area (Å²) in [5, 5.41) is 12.6. The Morgan fingerprint density at radius 3 is 2.67 bits per heavy atom. The lowest BCUT2D eigenvalue weighted by Crippen LogP contribution is -2.37. The number of carbonyl (C=O) groups excluding carboxylic acids is 2. The zero-order valence-corrected chi connectivity index (χ0v) is 24.1. The van der Waals surface area contributed by atoms with Crippen molar-refractivity contribution >= 4 is 56.6 Å². The molecule has 3 aromatic rings. The van der Waals surface area contributed by atoms with E-state index in [0.717, 1.165) is 11.1 Å². The van der Waals surface area contributed by atoms with Gasteiger partial charge in [0.1, 0.15) is 5.82 Å². The molecule has 9 heteroatoms. The lowest BCUT2D eigenvalue weighted by atomic mass is 9.90. The predicted molar refractivity (Wildman–Crippen MR) is 157 cm³/mol. The molecule has 3 aromatic carbocycles. The van der Waals surface area contributed by atoms with Crippen molar-refractivity contribution in [3.05, 3.63) is 92.7 Å². The SMILES string of the molecule is C[C@@H]1CCC[C@H](N2CCC(c3c(Br)ccc(Cl)c3F)=CC2=O)c2cccc(c2)-c2cc(C(=O)O)ccc2NC1=O. The Labute approximate surface area is 245 Å². The normalized spacial score (nSPS) is 19.6. The Bertz CT molecular complexity index is 1560. The van der Waals surface area contributed by atoms with Crippen LogP contribution in [0.5, 0.6) is 0 Å². The number of anilines is 1. The van der Waals surface area contributed by atoms with E-state index in [9.17, 15) is 23.9 Å². The van der Waals surface area contributed by atoms with Crippen LogP contribution in [0.4, 0.5) is 10.1 Å². The van der Waals surface area contributed by atoms with E-state index in [4.69, 9.17) is 11.6 Å². The standard InChI is InChI=1S/C31H27BrClFN2O4/c1-17-4-2-7-26(36-13-12-20(16-27(36)37)28-23(32)9-10-24(33)29(28)34)19-6-3-5-18(14-19)22-15-21(31(39)40)8-11-25(22)35-30(17)38/h3,5-6,8-11,14-17,26H,2,4,7,12-13H2,1H3,(H,35,38)(H,39,40)/t17-,26+/m1/s1. The van der Waals surface area contributed by atoms with Crippen LogP contribution in [0.25, 0.3) is 16.7 Å². The molecule has 0 spiro atoms. The van der Waals surface area contributed by atoms with Crippen LogP contribution in [0.3, 0.4) is 0 Å². The van der Waals surface area contributed by atoms with Gasteiger partial charge in [0, 0.05) is 39.8 Å². The Morgan fingerprint density at radius 1 is 1.12 bits per heavy atom. The monoisotopic (exact) mass is 624 g/mol. The van der Waals surface area contributed by atoms with Crippen molar-refractivity contribution in [1.29, 1.82) is 0 Å². The quantitative estimate of drug-likeness (QED) is 0.292. The van der Waals surface area contributed by atoms with Gasteiger partial charge in [-0.3, -0.25) is 9.59 Å². The largest absolute Gasteiger partial charge is 0.478 e. The zero-order chi connectivity index (χ0) is 28.6. The lowest BCUT2D eigenvalue weighted by molar-refractivity contribution is -0.129. The summed E-state index contributed by atoms with van der Waals surface area (Å²) in [5.74, 6) is -2.28. The van der Waals surface area contributed by atoms with E-state index in [1.165, 1.54) is 18.2 Å². The fraction of sp³-hybridized carbons (Fsp3) is 0.258. The van der Waals surface area contributed by atoms with Crippen molar-refractivity contribution in [3.8, 4) is 11.1 Å². The van der Waals surface area contributed by atoms with E-state index in [1.807, 2.05) is 31.2 Å². The number of amides is 2. The van der Waals surface area contributed by atoms with Crippen LogP contribution in [0, 0.1) is 11.7 Å². The second kappa shape index (κ2) is 11.6. The fourth-order valence-electron chi connectivity index (χ4n) is 5.43. The highest BCUT2D eigenvalue weighted by molar-refractivity contribution is 9.10. The second-order valence-electron chi connectivity index (χ2n) is 10.2. The van der Waals surface area contributed by atoms with Crippen LogP contribution < -0.4 is 5.32 Å². The molecule has 0 aliphatic carbocycles. The van der Waals surface area contributed by atoms with Crippen molar-refractivity contribution in [2.45, 2.75) is 38.6 Å². The van der Waals surface area contributed by atoms with Crippen molar-refractivity contribution in [2.24, 2.45) is 5.92 Å². The van der Waals surface area contributed by atoms with Gasteiger partial charge >= 0.3 is 5.97 Å². The zero-order valence-electron chi connectivity index (χ0n) is 21.7. The second-order valence-corrected chi connectivity index (χ2v) is 11.5. The summed E-state index contributed by atoms with van der Waals surface area (Å²) in [5.41, 5.74) is 3.76. The van der Waals surface area contributed by atoms with E-state index in [-0.39, 0.29) is 34.4 Å². The predicted octanol–water partition coefficient (Wildman–Crippen LogP) is 7.72. The number of benzene rings is 3. The Hall–Kier alpha value is -3.49. The van der Waals surface area contributed by atoms with Gasteiger partial charge in [0.15, 0.2) is 0 Å². The number of nitrogens with one attached hydrogen (secondary N) is 1. The Balaban J connectivity index is 1.56. The van der Waals surface area contributed by atoms with E-state index < -0.39 is 11.8 Å². The molecule has 6 nitrogen and oxygen atoms in total. The lowest BCUT2D eigenvalue weighted by Gasteiger charge is -2.35. The molecule has 0 aromatic heterocycles. The summed E-state index contributed by atoms with van der Waals surface area (Å²) >= 11 is 9.41. The van der Waals surface area contributed by atoms with Crippen molar-refractivity contribution in [2.75, 3.05) is 11.9 Å². The molecule has 2 amide bonds. The summed E-state index contributed by atoms with van der Waals surface area (Å²) in [7, 11) is 0. The molecular formula is C31H27BrClFN2O4. The average molecular weight is 626 g/mol. The summed E-state index contributed by atoms with van der Waals surface area (Å²) in [6.45, 7) is 2.24. The first kappa shape index (κ1) is 28.1. The Kier molecular flexibility index (Phi) is 8.10. The maximum Gasteiger partial charge on any atom is 0.335 e. The number of hydrogen-bond donors (Lipinski definition) is 2. The molecule has 2 aliphatic heterocycles. The number of aromatic carboxylic acids is 1. The number of fused-ring (bicyclic) bond motifs is 4. The van der Waals surface area contributed by atoms with Crippen LogP contribution in [0.2, 0.25) is 5.02 Å². The van der Waals surface area contributed by atoms with Gasteiger partial charge in [-0.1, -0.05) is 59.1 Å². The van der Waals surface area contributed by atoms with Gasteiger partial charge < -0.3 is 15.3 Å². The molecule has 0 unspecified atom stereocenters. The molecule has 2 heterocycles. The highest BCUT2D eigenvalue weighted by Gasteiger charge is 2.30. The van der Waals surface area contributed by atoms with Gasteiger partial charge in [0.25, 0.3) is 0 Å². The highest BCUT2D eigenvalue weighted by Crippen LogP contribution is 2.39.